The summed E-state index contributed by atoms with van der Waals surface area (Å²) in [6, 6.07) is 0. The molecule has 10 heavy (non-hydrogen) atoms. The lowest BCUT2D eigenvalue weighted by Gasteiger charge is -2.25. The standard InChI is InChI=1S/C7H19N2.HI/c1-8(2)6-7-9(3,4)5;/h6-7H2,1-5H3;1H/q+1;/p-1. The zero-order valence-electron chi connectivity index (χ0n) is 7.69. The molecule has 0 aromatic rings. The van der Waals surface area contributed by atoms with E-state index in [-0.39, 0.29) is 24.0 Å². The molecular formula is C7H19IN2. The molecule has 0 spiro atoms. The minimum atomic E-state index is 0. The Morgan fingerprint density at radius 3 is 1.60 bits per heavy atom. The van der Waals surface area contributed by atoms with Gasteiger partial charge in [0.1, 0.15) is 0 Å². The summed E-state index contributed by atoms with van der Waals surface area (Å²) in [5.74, 6) is 0. The predicted octanol–water partition coefficient (Wildman–Crippen LogP) is -2.74. The van der Waals surface area contributed by atoms with E-state index in [2.05, 4.69) is 40.1 Å². The zero-order valence-corrected chi connectivity index (χ0v) is 9.84. The average molecular weight is 258 g/mol. The molecule has 0 unspecified atom stereocenters. The van der Waals surface area contributed by atoms with Gasteiger partial charge in [0.25, 0.3) is 0 Å². The van der Waals surface area contributed by atoms with Crippen molar-refractivity contribution in [2.75, 3.05) is 48.3 Å². The van der Waals surface area contributed by atoms with E-state index < -0.39 is 0 Å². The van der Waals surface area contributed by atoms with Gasteiger partial charge >= 0.3 is 0 Å². The van der Waals surface area contributed by atoms with Gasteiger partial charge in [-0.25, -0.2) is 0 Å². The molecule has 0 aliphatic carbocycles. The molecule has 0 saturated carbocycles. The van der Waals surface area contributed by atoms with Gasteiger partial charge in [-0.2, -0.15) is 0 Å². The van der Waals surface area contributed by atoms with E-state index in [1.54, 1.807) is 0 Å². The molecule has 3 heteroatoms. The maximum Gasteiger partial charge on any atom is 0.0909 e. The molecule has 0 fully saturated rings. The third-order valence-corrected chi connectivity index (χ3v) is 1.22. The van der Waals surface area contributed by atoms with Gasteiger partial charge in [0.15, 0.2) is 0 Å². The van der Waals surface area contributed by atoms with Crippen LogP contribution in [0.5, 0.6) is 0 Å². The van der Waals surface area contributed by atoms with E-state index in [1.165, 1.54) is 13.1 Å². The van der Waals surface area contributed by atoms with Crippen LogP contribution in [0.15, 0.2) is 0 Å². The van der Waals surface area contributed by atoms with Crippen LogP contribution < -0.4 is 24.0 Å². The minimum Gasteiger partial charge on any atom is -1.00 e. The van der Waals surface area contributed by atoms with E-state index in [1.807, 2.05) is 0 Å². The zero-order chi connectivity index (χ0) is 7.49. The van der Waals surface area contributed by atoms with Crippen LogP contribution in [0.2, 0.25) is 0 Å². The minimum absolute atomic E-state index is 0. The van der Waals surface area contributed by atoms with Crippen LogP contribution in [0.4, 0.5) is 0 Å². The van der Waals surface area contributed by atoms with Crippen molar-refractivity contribution in [3.05, 3.63) is 0 Å². The number of likely N-dealkylation sites (N-methyl/N-ethyl adjacent to an activating group) is 2. The van der Waals surface area contributed by atoms with Crippen molar-refractivity contribution in [3.8, 4) is 0 Å². The van der Waals surface area contributed by atoms with Gasteiger partial charge in [-0.15, -0.1) is 0 Å². The molecule has 0 bridgehead atoms. The Balaban J connectivity index is 0. The monoisotopic (exact) mass is 258 g/mol. The average Bonchev–Trinajstić information content (AvgIpc) is 1.59. The second-order valence-electron chi connectivity index (χ2n) is 3.82. The summed E-state index contributed by atoms with van der Waals surface area (Å²) in [6.07, 6.45) is 0. The highest BCUT2D eigenvalue weighted by Gasteiger charge is 2.05. The summed E-state index contributed by atoms with van der Waals surface area (Å²) >= 11 is 0. The van der Waals surface area contributed by atoms with Crippen LogP contribution in [-0.2, 0) is 0 Å². The first kappa shape index (κ1) is 13.3. The molecule has 0 rings (SSSR count). The van der Waals surface area contributed by atoms with Crippen molar-refractivity contribution < 1.29 is 28.5 Å². The first-order valence-corrected chi connectivity index (χ1v) is 3.37. The number of quaternary nitrogens is 1. The van der Waals surface area contributed by atoms with Gasteiger partial charge in [0, 0.05) is 6.54 Å². The molecular weight excluding hydrogens is 239 g/mol. The third kappa shape index (κ3) is 11.4. The highest BCUT2D eigenvalue weighted by Crippen LogP contribution is 1.88. The lowest BCUT2D eigenvalue weighted by molar-refractivity contribution is -0.869. The van der Waals surface area contributed by atoms with Crippen molar-refractivity contribution in [1.29, 1.82) is 0 Å². The van der Waals surface area contributed by atoms with Crippen LogP contribution in [0.25, 0.3) is 0 Å². The molecule has 0 N–H and O–H groups in total. The second-order valence-corrected chi connectivity index (χ2v) is 3.82. The molecule has 64 valence electrons. The van der Waals surface area contributed by atoms with Crippen LogP contribution >= 0.6 is 0 Å². The fourth-order valence-electron chi connectivity index (χ4n) is 0.500. The molecule has 0 aliphatic heterocycles. The summed E-state index contributed by atoms with van der Waals surface area (Å²) in [7, 11) is 10.8. The SMILES string of the molecule is CN(C)CC[N+](C)(C)C.[I-]. The van der Waals surface area contributed by atoms with Crippen molar-refractivity contribution in [2.24, 2.45) is 0 Å². The maximum atomic E-state index is 2.21. The highest BCUT2D eigenvalue weighted by atomic mass is 127. The van der Waals surface area contributed by atoms with Crippen molar-refractivity contribution in [2.45, 2.75) is 0 Å². The first-order chi connectivity index (χ1) is 3.92. The highest BCUT2D eigenvalue weighted by molar-refractivity contribution is 4.38. The third-order valence-electron chi connectivity index (χ3n) is 1.22. The number of halogens is 1. The van der Waals surface area contributed by atoms with Crippen LogP contribution in [0.1, 0.15) is 0 Å². The van der Waals surface area contributed by atoms with E-state index in [9.17, 15) is 0 Å². The molecule has 0 aliphatic rings. The van der Waals surface area contributed by atoms with Gasteiger partial charge in [0.05, 0.1) is 27.7 Å². The quantitative estimate of drug-likeness (QED) is 0.392. The Kier molecular flexibility index (Phi) is 7.05. The molecule has 0 heterocycles. The Bertz CT molecular complexity index is 76.2. The summed E-state index contributed by atoms with van der Waals surface area (Å²) in [6.45, 7) is 2.39. The Labute approximate surface area is 81.8 Å². The van der Waals surface area contributed by atoms with Gasteiger partial charge < -0.3 is 33.4 Å². The predicted molar refractivity (Wildman–Crippen MR) is 41.5 cm³/mol. The molecule has 0 radical (unpaired) electrons. The number of hydrogen-bond donors (Lipinski definition) is 0. The van der Waals surface area contributed by atoms with E-state index in [4.69, 9.17) is 0 Å². The number of hydrogen-bond acceptors (Lipinski definition) is 1. The smallest absolute Gasteiger partial charge is 0.0909 e. The second kappa shape index (κ2) is 5.32. The summed E-state index contributed by atoms with van der Waals surface area (Å²) in [4.78, 5) is 2.21. The van der Waals surface area contributed by atoms with Crippen molar-refractivity contribution >= 4 is 0 Å². The number of nitrogens with zero attached hydrogens (tertiary/aromatic N) is 2. The van der Waals surface area contributed by atoms with E-state index in [0.717, 1.165) is 4.48 Å². The molecule has 0 atom stereocenters. The molecule has 0 amide bonds. The molecule has 2 nitrogen and oxygen atoms in total. The van der Waals surface area contributed by atoms with Crippen LogP contribution in [0, 0.1) is 0 Å². The Hall–Kier alpha value is 0.650. The normalized spacial score (nSPS) is 11.4. The Morgan fingerprint density at radius 1 is 1.10 bits per heavy atom. The van der Waals surface area contributed by atoms with Crippen LogP contribution in [-0.4, -0.2) is 57.7 Å². The summed E-state index contributed by atoms with van der Waals surface area (Å²) in [5, 5.41) is 0. The fourth-order valence-corrected chi connectivity index (χ4v) is 0.500. The van der Waals surface area contributed by atoms with Gasteiger partial charge in [-0.3, -0.25) is 0 Å². The lowest BCUT2D eigenvalue weighted by Crippen LogP contribution is -3.00. The lowest BCUT2D eigenvalue weighted by atomic mass is 10.5. The van der Waals surface area contributed by atoms with Crippen molar-refractivity contribution in [1.82, 2.24) is 4.90 Å². The fraction of sp³-hybridized carbons (Fsp3) is 1.00. The maximum absolute atomic E-state index is 2.21. The van der Waals surface area contributed by atoms with Crippen molar-refractivity contribution in [3.63, 3.8) is 0 Å². The summed E-state index contributed by atoms with van der Waals surface area (Å²) in [5.41, 5.74) is 0. The molecule has 0 aromatic heterocycles. The summed E-state index contributed by atoms with van der Waals surface area (Å²) < 4.78 is 1.05. The van der Waals surface area contributed by atoms with E-state index >= 15 is 0 Å². The van der Waals surface area contributed by atoms with Gasteiger partial charge in [-0.1, -0.05) is 0 Å². The van der Waals surface area contributed by atoms with Gasteiger partial charge in [0.2, 0.25) is 0 Å². The van der Waals surface area contributed by atoms with E-state index in [0.29, 0.717) is 0 Å². The topological polar surface area (TPSA) is 3.24 Å². The Morgan fingerprint density at radius 2 is 1.50 bits per heavy atom. The van der Waals surface area contributed by atoms with Gasteiger partial charge in [-0.05, 0) is 14.1 Å². The van der Waals surface area contributed by atoms with Crippen LogP contribution in [0.3, 0.4) is 0 Å². The molecule has 0 aromatic carbocycles. The number of rotatable bonds is 3. The molecule has 0 saturated heterocycles. The largest absolute Gasteiger partial charge is 1.00 e. The first-order valence-electron chi connectivity index (χ1n) is 3.37.